The van der Waals surface area contributed by atoms with Gasteiger partial charge in [0.25, 0.3) is 0 Å². The third-order valence-electron chi connectivity index (χ3n) is 6.49. The molecule has 0 unspecified atom stereocenters. The number of hydrogen-bond donors (Lipinski definition) is 0. The molecule has 5 rings (SSSR count). The molecule has 31 heavy (non-hydrogen) atoms. The van der Waals surface area contributed by atoms with Gasteiger partial charge < -0.3 is 14.2 Å². The van der Waals surface area contributed by atoms with E-state index in [0.29, 0.717) is 24.1 Å². The van der Waals surface area contributed by atoms with Crippen molar-refractivity contribution in [3.05, 3.63) is 47.2 Å². The zero-order valence-electron chi connectivity index (χ0n) is 18.5. The van der Waals surface area contributed by atoms with Crippen molar-refractivity contribution in [2.45, 2.75) is 58.4 Å². The molecule has 0 radical (unpaired) electrons. The summed E-state index contributed by atoms with van der Waals surface area (Å²) in [5.74, 6) is 1.22. The number of fused-ring (bicyclic) bond motifs is 1. The van der Waals surface area contributed by atoms with Crippen LogP contribution < -0.4 is 4.90 Å². The highest BCUT2D eigenvalue weighted by Crippen LogP contribution is 2.40. The van der Waals surface area contributed by atoms with Crippen molar-refractivity contribution >= 4 is 22.6 Å². The highest BCUT2D eigenvalue weighted by atomic mass is 16.5. The number of benzene rings is 1. The number of aromatic nitrogens is 4. The van der Waals surface area contributed by atoms with Gasteiger partial charge in [0, 0.05) is 36.6 Å². The van der Waals surface area contributed by atoms with Gasteiger partial charge in [-0.15, -0.1) is 10.2 Å². The fraction of sp³-hybridized carbons (Fsp3) is 0.500. The van der Waals surface area contributed by atoms with Crippen LogP contribution in [0.25, 0.3) is 10.9 Å². The fourth-order valence-corrected chi connectivity index (χ4v) is 4.89. The van der Waals surface area contributed by atoms with Crippen LogP contribution in [0.4, 0.5) is 5.69 Å². The van der Waals surface area contributed by atoms with E-state index in [2.05, 4.69) is 50.6 Å². The standard InChI is InChI=1S/C24H29N5O2/c1-4-31-24(30)20-13-25-21-16(3)11-15(2)12-19(21)22(20)28-9-7-17(8-10-28)23-27-26-14-29(23)18-5-6-18/h11-14,17-18H,4-10H2,1-3H3. The van der Waals surface area contributed by atoms with Gasteiger partial charge in [-0.3, -0.25) is 4.98 Å². The van der Waals surface area contributed by atoms with Gasteiger partial charge in [0.1, 0.15) is 17.7 Å². The Labute approximate surface area is 182 Å². The Balaban J connectivity index is 1.49. The van der Waals surface area contributed by atoms with Crippen LogP contribution in [-0.4, -0.2) is 45.4 Å². The van der Waals surface area contributed by atoms with Gasteiger partial charge in [0.15, 0.2) is 0 Å². The lowest BCUT2D eigenvalue weighted by molar-refractivity contribution is 0.0526. The molecule has 3 aromatic rings. The molecule has 1 saturated carbocycles. The maximum Gasteiger partial charge on any atom is 0.341 e. The SMILES string of the molecule is CCOC(=O)c1cnc2c(C)cc(C)cc2c1N1CCC(c2nncn2C2CC2)CC1. The van der Waals surface area contributed by atoms with Crippen molar-refractivity contribution in [2.24, 2.45) is 0 Å². The summed E-state index contributed by atoms with van der Waals surface area (Å²) in [4.78, 5) is 19.8. The lowest BCUT2D eigenvalue weighted by Gasteiger charge is -2.35. The minimum atomic E-state index is -0.304. The minimum absolute atomic E-state index is 0.304. The lowest BCUT2D eigenvalue weighted by Crippen LogP contribution is -2.35. The summed E-state index contributed by atoms with van der Waals surface area (Å²) < 4.78 is 7.65. The summed E-state index contributed by atoms with van der Waals surface area (Å²) in [6.07, 6.45) is 8.02. The predicted molar refractivity (Wildman–Crippen MR) is 120 cm³/mol. The van der Waals surface area contributed by atoms with Crippen LogP contribution in [0.5, 0.6) is 0 Å². The Morgan fingerprint density at radius 1 is 1.16 bits per heavy atom. The smallest absolute Gasteiger partial charge is 0.341 e. The average molecular weight is 420 g/mol. The first-order valence-electron chi connectivity index (χ1n) is 11.3. The number of carbonyl (C=O) groups excluding carboxylic acids is 1. The first-order chi connectivity index (χ1) is 15.1. The van der Waals surface area contributed by atoms with Crippen molar-refractivity contribution < 1.29 is 9.53 Å². The Morgan fingerprint density at radius 3 is 2.65 bits per heavy atom. The van der Waals surface area contributed by atoms with Crippen molar-refractivity contribution in [1.82, 2.24) is 19.7 Å². The molecule has 2 aliphatic rings. The Bertz CT molecular complexity index is 1130. The fourth-order valence-electron chi connectivity index (χ4n) is 4.89. The summed E-state index contributed by atoms with van der Waals surface area (Å²) >= 11 is 0. The van der Waals surface area contributed by atoms with Crippen LogP contribution >= 0.6 is 0 Å². The van der Waals surface area contributed by atoms with E-state index >= 15 is 0 Å². The highest BCUT2D eigenvalue weighted by molar-refractivity contribution is 6.06. The van der Waals surface area contributed by atoms with Gasteiger partial charge in [-0.25, -0.2) is 4.79 Å². The molecule has 0 bridgehead atoms. The van der Waals surface area contributed by atoms with E-state index in [1.165, 1.54) is 18.4 Å². The van der Waals surface area contributed by atoms with Gasteiger partial charge in [0.05, 0.1) is 17.8 Å². The topological polar surface area (TPSA) is 73.1 Å². The third-order valence-corrected chi connectivity index (χ3v) is 6.49. The first-order valence-corrected chi connectivity index (χ1v) is 11.3. The Kier molecular flexibility index (Phi) is 5.12. The second-order valence-electron chi connectivity index (χ2n) is 8.81. The maximum atomic E-state index is 12.8. The second-order valence-corrected chi connectivity index (χ2v) is 8.81. The van der Waals surface area contributed by atoms with Crippen molar-refractivity contribution in [3.63, 3.8) is 0 Å². The summed E-state index contributed by atoms with van der Waals surface area (Å²) in [5, 5.41) is 9.67. The van der Waals surface area contributed by atoms with Crippen molar-refractivity contribution in [3.8, 4) is 0 Å². The molecule has 7 heteroatoms. The van der Waals surface area contributed by atoms with E-state index in [0.717, 1.165) is 53.9 Å². The van der Waals surface area contributed by atoms with Crippen LogP contribution in [0.1, 0.15) is 71.9 Å². The number of aryl methyl sites for hydroxylation is 2. The maximum absolute atomic E-state index is 12.8. The first kappa shape index (κ1) is 20.0. The number of nitrogens with zero attached hydrogens (tertiary/aromatic N) is 5. The molecule has 0 amide bonds. The average Bonchev–Trinajstić information content (AvgIpc) is 3.49. The van der Waals surface area contributed by atoms with Crippen LogP contribution in [0.15, 0.2) is 24.7 Å². The van der Waals surface area contributed by atoms with Crippen molar-refractivity contribution in [2.75, 3.05) is 24.6 Å². The number of esters is 1. The van der Waals surface area contributed by atoms with Gasteiger partial charge in [0.2, 0.25) is 0 Å². The summed E-state index contributed by atoms with van der Waals surface area (Å²) in [7, 11) is 0. The minimum Gasteiger partial charge on any atom is -0.462 e. The molecule has 1 aliphatic heterocycles. The van der Waals surface area contributed by atoms with E-state index in [-0.39, 0.29) is 5.97 Å². The molecule has 2 fully saturated rings. The number of pyridine rings is 1. The number of anilines is 1. The zero-order valence-corrected chi connectivity index (χ0v) is 18.5. The molecule has 162 valence electrons. The van der Waals surface area contributed by atoms with E-state index in [1.807, 2.05) is 13.3 Å². The predicted octanol–water partition coefficient (Wildman–Crippen LogP) is 4.34. The summed E-state index contributed by atoms with van der Waals surface area (Å²) in [5.41, 5.74) is 4.75. The van der Waals surface area contributed by atoms with E-state index < -0.39 is 0 Å². The van der Waals surface area contributed by atoms with Crippen LogP contribution in [0, 0.1) is 13.8 Å². The van der Waals surface area contributed by atoms with Crippen LogP contribution in [0.2, 0.25) is 0 Å². The van der Waals surface area contributed by atoms with E-state index in [9.17, 15) is 4.79 Å². The van der Waals surface area contributed by atoms with Gasteiger partial charge in [-0.2, -0.15) is 0 Å². The number of piperidine rings is 1. The second kappa shape index (κ2) is 7.94. The van der Waals surface area contributed by atoms with E-state index in [4.69, 9.17) is 4.74 Å². The van der Waals surface area contributed by atoms with Crippen LogP contribution in [-0.2, 0) is 4.74 Å². The molecule has 1 saturated heterocycles. The third kappa shape index (κ3) is 3.66. The molecule has 0 spiro atoms. The number of rotatable bonds is 5. The molecule has 7 nitrogen and oxygen atoms in total. The summed E-state index contributed by atoms with van der Waals surface area (Å²) in [6, 6.07) is 4.87. The quantitative estimate of drug-likeness (QED) is 0.573. The largest absolute Gasteiger partial charge is 0.462 e. The lowest BCUT2D eigenvalue weighted by atomic mass is 9.94. The molecule has 0 atom stereocenters. The Hall–Kier alpha value is -2.96. The molecule has 0 N–H and O–H groups in total. The van der Waals surface area contributed by atoms with Crippen molar-refractivity contribution in [1.29, 1.82) is 0 Å². The molecule has 3 heterocycles. The number of carbonyl (C=O) groups is 1. The molecule has 1 aliphatic carbocycles. The monoisotopic (exact) mass is 419 g/mol. The number of hydrogen-bond acceptors (Lipinski definition) is 6. The van der Waals surface area contributed by atoms with Gasteiger partial charge in [-0.05, 0) is 58.1 Å². The summed E-state index contributed by atoms with van der Waals surface area (Å²) in [6.45, 7) is 8.07. The normalized spacial score (nSPS) is 17.3. The molecular formula is C24H29N5O2. The highest BCUT2D eigenvalue weighted by Gasteiger charge is 2.32. The molecule has 1 aromatic carbocycles. The number of ether oxygens (including phenoxy) is 1. The van der Waals surface area contributed by atoms with Gasteiger partial charge in [-0.1, -0.05) is 11.6 Å². The van der Waals surface area contributed by atoms with Crippen LogP contribution in [0.3, 0.4) is 0 Å². The Morgan fingerprint density at radius 2 is 1.94 bits per heavy atom. The van der Waals surface area contributed by atoms with E-state index in [1.54, 1.807) is 6.20 Å². The van der Waals surface area contributed by atoms with Gasteiger partial charge >= 0.3 is 5.97 Å². The molecule has 2 aromatic heterocycles. The zero-order chi connectivity index (χ0) is 21.5. The molecular weight excluding hydrogens is 390 g/mol.